The summed E-state index contributed by atoms with van der Waals surface area (Å²) >= 11 is 0. The molecule has 0 atom stereocenters. The van der Waals surface area contributed by atoms with Gasteiger partial charge in [0.2, 0.25) is 0 Å². The Labute approximate surface area is 287 Å². The molecule has 0 aliphatic carbocycles. The van der Waals surface area contributed by atoms with Gasteiger partial charge in [0, 0.05) is 43.9 Å². The summed E-state index contributed by atoms with van der Waals surface area (Å²) in [7, 11) is 0. The second kappa shape index (κ2) is 11.4. The monoisotopic (exact) mass is 635 g/mol. The Morgan fingerprint density at radius 1 is 0.400 bits per heavy atom. The van der Waals surface area contributed by atoms with Crippen molar-refractivity contribution >= 4 is 43.6 Å². The number of aromatic nitrogens is 2. The van der Waals surface area contributed by atoms with E-state index in [1.54, 1.807) is 12.1 Å². The van der Waals surface area contributed by atoms with Crippen LogP contribution in [0.4, 0.5) is 0 Å². The van der Waals surface area contributed by atoms with Gasteiger partial charge in [0.15, 0.2) is 0 Å². The third-order valence-corrected chi connectivity index (χ3v) is 9.66. The average Bonchev–Trinajstić information content (AvgIpc) is 3.70. The number of nitriles is 3. The molecule has 9 rings (SSSR count). The Morgan fingerprint density at radius 2 is 0.920 bits per heavy atom. The van der Waals surface area contributed by atoms with E-state index in [0.717, 1.165) is 71.7 Å². The Hall–Kier alpha value is -7.39. The van der Waals surface area contributed by atoms with Crippen molar-refractivity contribution in [1.82, 2.24) is 9.13 Å². The molecule has 2 heterocycles. The van der Waals surface area contributed by atoms with E-state index in [2.05, 4.69) is 94.1 Å². The fourth-order valence-corrected chi connectivity index (χ4v) is 7.53. The molecule has 0 aliphatic rings. The highest BCUT2D eigenvalue weighted by atomic mass is 15.0. The molecule has 0 saturated carbocycles. The molecule has 0 bridgehead atoms. The van der Waals surface area contributed by atoms with E-state index in [9.17, 15) is 15.8 Å². The molecule has 0 fully saturated rings. The molecule has 2 aromatic heterocycles. The van der Waals surface area contributed by atoms with Crippen molar-refractivity contribution in [2.24, 2.45) is 0 Å². The lowest BCUT2D eigenvalue weighted by atomic mass is 9.86. The summed E-state index contributed by atoms with van der Waals surface area (Å²) in [4.78, 5) is 0. The molecule has 5 nitrogen and oxygen atoms in total. The minimum absolute atomic E-state index is 0.490. The van der Waals surface area contributed by atoms with Crippen LogP contribution in [0.15, 0.2) is 152 Å². The van der Waals surface area contributed by atoms with E-state index in [-0.39, 0.29) is 0 Å². The van der Waals surface area contributed by atoms with Crippen molar-refractivity contribution < 1.29 is 0 Å². The van der Waals surface area contributed by atoms with Crippen molar-refractivity contribution in [2.45, 2.75) is 0 Å². The maximum atomic E-state index is 10.5. The lowest BCUT2D eigenvalue weighted by Crippen LogP contribution is -2.01. The van der Waals surface area contributed by atoms with Crippen LogP contribution in [0, 0.1) is 34.0 Å². The number of para-hydroxylation sites is 4. The summed E-state index contributed by atoms with van der Waals surface area (Å²) in [6.45, 7) is 0. The number of hydrogen-bond donors (Lipinski definition) is 0. The highest BCUT2D eigenvalue weighted by molar-refractivity contribution is 6.11. The van der Waals surface area contributed by atoms with Gasteiger partial charge in [-0.1, -0.05) is 84.9 Å². The van der Waals surface area contributed by atoms with Gasteiger partial charge in [-0.3, -0.25) is 0 Å². The van der Waals surface area contributed by atoms with E-state index < -0.39 is 0 Å². The zero-order chi connectivity index (χ0) is 33.8. The topological polar surface area (TPSA) is 81.2 Å². The zero-order valence-electron chi connectivity index (χ0n) is 26.7. The van der Waals surface area contributed by atoms with E-state index in [0.29, 0.717) is 22.3 Å². The lowest BCUT2D eigenvalue weighted by molar-refractivity contribution is 1.18. The fraction of sp³-hybridized carbons (Fsp3) is 0. The van der Waals surface area contributed by atoms with Gasteiger partial charge in [-0.05, 0) is 72.3 Å². The SMILES string of the molecule is N#Cc1ccc2c(c1)c1ccccc1n2-c1ccc(-c2c(C#N)ccc(C#N)c2-c2ccccc2-n2c3ccccc3c3ccccc32)cc1. The van der Waals surface area contributed by atoms with Crippen molar-refractivity contribution in [2.75, 3.05) is 0 Å². The highest BCUT2D eigenvalue weighted by Gasteiger charge is 2.22. The third-order valence-electron chi connectivity index (χ3n) is 9.66. The molecule has 0 amide bonds. The minimum Gasteiger partial charge on any atom is -0.309 e. The van der Waals surface area contributed by atoms with Crippen molar-refractivity contribution in [1.29, 1.82) is 15.8 Å². The van der Waals surface area contributed by atoms with Crippen LogP contribution in [0.1, 0.15) is 16.7 Å². The summed E-state index contributed by atoms with van der Waals surface area (Å²) in [5.74, 6) is 0. The maximum Gasteiger partial charge on any atom is 0.0998 e. The first-order chi connectivity index (χ1) is 24.7. The van der Waals surface area contributed by atoms with Crippen LogP contribution in [0.25, 0.3) is 77.2 Å². The van der Waals surface area contributed by atoms with Gasteiger partial charge >= 0.3 is 0 Å². The molecule has 0 N–H and O–H groups in total. The first kappa shape index (κ1) is 28.8. The van der Waals surface area contributed by atoms with Crippen molar-refractivity contribution in [3.63, 3.8) is 0 Å². The molecule has 0 unspecified atom stereocenters. The quantitative estimate of drug-likeness (QED) is 0.193. The highest BCUT2D eigenvalue weighted by Crippen LogP contribution is 2.43. The van der Waals surface area contributed by atoms with Crippen LogP contribution in [-0.2, 0) is 0 Å². The van der Waals surface area contributed by atoms with Gasteiger partial charge in [0.25, 0.3) is 0 Å². The molecular formula is C45H25N5. The van der Waals surface area contributed by atoms with Gasteiger partial charge in [0.1, 0.15) is 0 Å². The second-order valence-electron chi connectivity index (χ2n) is 12.3. The second-order valence-corrected chi connectivity index (χ2v) is 12.3. The molecule has 7 aromatic carbocycles. The Bertz CT molecular complexity index is 2900. The lowest BCUT2D eigenvalue weighted by Gasteiger charge is -2.19. The van der Waals surface area contributed by atoms with Gasteiger partial charge in [-0.15, -0.1) is 0 Å². The largest absolute Gasteiger partial charge is 0.309 e. The van der Waals surface area contributed by atoms with Crippen molar-refractivity contribution in [3.8, 4) is 51.8 Å². The molecule has 5 heteroatoms. The van der Waals surface area contributed by atoms with E-state index in [1.807, 2.05) is 72.8 Å². The number of hydrogen-bond acceptors (Lipinski definition) is 3. The van der Waals surface area contributed by atoms with E-state index in [4.69, 9.17) is 0 Å². The van der Waals surface area contributed by atoms with Crippen molar-refractivity contribution in [3.05, 3.63) is 168 Å². The Morgan fingerprint density at radius 3 is 1.54 bits per heavy atom. The molecule has 0 aliphatic heterocycles. The first-order valence-corrected chi connectivity index (χ1v) is 16.3. The van der Waals surface area contributed by atoms with Crippen LogP contribution in [0.3, 0.4) is 0 Å². The van der Waals surface area contributed by atoms with E-state index in [1.165, 1.54) is 0 Å². The van der Waals surface area contributed by atoms with Gasteiger partial charge < -0.3 is 9.13 Å². The van der Waals surface area contributed by atoms with Crippen LogP contribution >= 0.6 is 0 Å². The molecular weight excluding hydrogens is 611 g/mol. The summed E-state index contributed by atoms with van der Waals surface area (Å²) in [5.41, 5.74) is 10.8. The van der Waals surface area contributed by atoms with Crippen LogP contribution in [0.2, 0.25) is 0 Å². The number of fused-ring (bicyclic) bond motifs is 6. The summed E-state index contributed by atoms with van der Waals surface area (Å²) < 4.78 is 4.46. The summed E-state index contributed by atoms with van der Waals surface area (Å²) in [6, 6.07) is 57.6. The van der Waals surface area contributed by atoms with Gasteiger partial charge in [-0.25, -0.2) is 0 Å². The molecule has 230 valence electrons. The molecule has 0 radical (unpaired) electrons. The van der Waals surface area contributed by atoms with Gasteiger partial charge in [0.05, 0.1) is 62.7 Å². The van der Waals surface area contributed by atoms with Crippen LogP contribution in [-0.4, -0.2) is 9.13 Å². The summed E-state index contributed by atoms with van der Waals surface area (Å²) in [6.07, 6.45) is 0. The predicted molar refractivity (Wildman–Crippen MR) is 200 cm³/mol. The molecule has 0 saturated heterocycles. The smallest absolute Gasteiger partial charge is 0.0998 e. The Kier molecular flexibility index (Phi) is 6.56. The van der Waals surface area contributed by atoms with Gasteiger partial charge in [-0.2, -0.15) is 15.8 Å². The van der Waals surface area contributed by atoms with E-state index >= 15 is 0 Å². The number of nitrogens with zero attached hydrogens (tertiary/aromatic N) is 5. The maximum absolute atomic E-state index is 10.5. The third kappa shape index (κ3) is 4.24. The first-order valence-electron chi connectivity index (χ1n) is 16.3. The standard InChI is InChI=1S/C45H25N5/c46-26-29-17-24-43-38(25-29)36-11-3-5-13-39(36)49(43)33-22-20-30(21-23-33)44-31(27-47)18-19-32(28-48)45(44)37-12-4-8-16-42(37)50-40-14-6-1-9-34(40)35-10-2-7-15-41(35)50/h1-25H. The number of benzene rings is 7. The normalized spacial score (nSPS) is 11.1. The summed E-state index contributed by atoms with van der Waals surface area (Å²) in [5, 5.41) is 35.0. The molecule has 0 spiro atoms. The predicted octanol–water partition coefficient (Wildman–Crippen LogP) is 10.8. The minimum atomic E-state index is 0.490. The Balaban J connectivity index is 1.28. The van der Waals surface area contributed by atoms with Crippen LogP contribution < -0.4 is 0 Å². The molecule has 9 aromatic rings. The fourth-order valence-electron chi connectivity index (χ4n) is 7.53. The average molecular weight is 636 g/mol. The number of rotatable bonds is 4. The van der Waals surface area contributed by atoms with Crippen LogP contribution in [0.5, 0.6) is 0 Å². The molecule has 50 heavy (non-hydrogen) atoms. The zero-order valence-corrected chi connectivity index (χ0v) is 26.7.